The van der Waals surface area contributed by atoms with Gasteiger partial charge in [0.1, 0.15) is 5.75 Å². The molecule has 0 saturated carbocycles. The molecule has 1 aromatic carbocycles. The van der Waals surface area contributed by atoms with Gasteiger partial charge in [-0.15, -0.1) is 0 Å². The second-order valence-corrected chi connectivity index (χ2v) is 3.18. The average molecular weight is 227 g/mol. The Hall–Kier alpha value is -1.48. The summed E-state index contributed by atoms with van der Waals surface area (Å²) in [5, 5.41) is 0.584. The Morgan fingerprint density at radius 3 is 2.73 bits per heavy atom. The topological polar surface area (TPSA) is 35.5 Å². The zero-order chi connectivity index (χ0) is 11.3. The summed E-state index contributed by atoms with van der Waals surface area (Å²) < 4.78 is 9.58. The lowest BCUT2D eigenvalue weighted by Gasteiger charge is -2.04. The molecule has 0 aliphatic carbocycles. The Morgan fingerprint density at radius 2 is 2.13 bits per heavy atom. The van der Waals surface area contributed by atoms with Crippen LogP contribution in [-0.4, -0.2) is 20.2 Å². The molecule has 0 heterocycles. The lowest BCUT2D eigenvalue weighted by molar-refractivity contribution is -0.134. The molecule has 0 fully saturated rings. The molecular formula is C11H11ClO3. The Labute approximate surface area is 93.3 Å². The largest absolute Gasteiger partial charge is 0.496 e. The number of ether oxygens (including phenoxy) is 2. The highest BCUT2D eigenvalue weighted by Gasteiger charge is 2.01. The first-order valence-electron chi connectivity index (χ1n) is 4.27. The normalized spacial score (nSPS) is 10.3. The molecule has 0 aliphatic rings. The number of carbonyl (C=O) groups excluding carboxylic acids is 1. The lowest BCUT2D eigenvalue weighted by atomic mass is 10.2. The fourth-order valence-corrected chi connectivity index (χ4v) is 1.24. The smallest absolute Gasteiger partial charge is 0.330 e. The number of halogens is 1. The summed E-state index contributed by atoms with van der Waals surface area (Å²) in [5.41, 5.74) is 0.732. The molecule has 0 amide bonds. The van der Waals surface area contributed by atoms with Gasteiger partial charge in [0.25, 0.3) is 0 Å². The van der Waals surface area contributed by atoms with Crippen molar-refractivity contribution in [3.05, 3.63) is 34.9 Å². The van der Waals surface area contributed by atoms with Crippen LogP contribution in [0.2, 0.25) is 5.02 Å². The van der Waals surface area contributed by atoms with Crippen molar-refractivity contribution in [3.8, 4) is 5.75 Å². The van der Waals surface area contributed by atoms with Gasteiger partial charge in [-0.3, -0.25) is 0 Å². The van der Waals surface area contributed by atoms with Crippen LogP contribution < -0.4 is 4.74 Å². The summed E-state index contributed by atoms with van der Waals surface area (Å²) in [5.74, 6) is 0.233. The predicted octanol–water partition coefficient (Wildman–Crippen LogP) is 2.53. The van der Waals surface area contributed by atoms with Gasteiger partial charge in [-0.1, -0.05) is 11.6 Å². The third-order valence-corrected chi connectivity index (χ3v) is 2.03. The molecule has 80 valence electrons. The standard InChI is InChI=1S/C11H11ClO3/c1-14-10-5-4-9(12)7-8(10)3-6-11(13)15-2/h3-7H,1-2H3. The van der Waals surface area contributed by atoms with Gasteiger partial charge in [-0.25, -0.2) is 4.79 Å². The van der Waals surface area contributed by atoms with Gasteiger partial charge in [0.05, 0.1) is 14.2 Å². The zero-order valence-electron chi connectivity index (χ0n) is 8.49. The quantitative estimate of drug-likeness (QED) is 0.587. The summed E-state index contributed by atoms with van der Waals surface area (Å²) in [6.45, 7) is 0. The predicted molar refractivity (Wildman–Crippen MR) is 59.1 cm³/mol. The summed E-state index contributed by atoms with van der Waals surface area (Å²) in [6, 6.07) is 5.16. The highest BCUT2D eigenvalue weighted by atomic mass is 35.5. The van der Waals surface area contributed by atoms with Gasteiger partial charge in [0, 0.05) is 16.7 Å². The van der Waals surface area contributed by atoms with E-state index in [1.54, 1.807) is 31.4 Å². The van der Waals surface area contributed by atoms with E-state index in [9.17, 15) is 4.79 Å². The van der Waals surface area contributed by atoms with E-state index in [4.69, 9.17) is 16.3 Å². The van der Waals surface area contributed by atoms with Crippen LogP contribution in [0.15, 0.2) is 24.3 Å². The van der Waals surface area contributed by atoms with Crippen molar-refractivity contribution < 1.29 is 14.3 Å². The van der Waals surface area contributed by atoms with Crippen molar-refractivity contribution in [2.45, 2.75) is 0 Å². The molecule has 0 N–H and O–H groups in total. The van der Waals surface area contributed by atoms with Crippen LogP contribution in [0, 0.1) is 0 Å². The Morgan fingerprint density at radius 1 is 1.40 bits per heavy atom. The monoisotopic (exact) mass is 226 g/mol. The lowest BCUT2D eigenvalue weighted by Crippen LogP contribution is -1.94. The summed E-state index contributed by atoms with van der Waals surface area (Å²) in [4.78, 5) is 10.9. The van der Waals surface area contributed by atoms with Crippen LogP contribution in [0.4, 0.5) is 0 Å². The second-order valence-electron chi connectivity index (χ2n) is 2.74. The van der Waals surface area contributed by atoms with E-state index in [1.165, 1.54) is 13.2 Å². The summed E-state index contributed by atoms with van der Waals surface area (Å²) in [7, 11) is 2.88. The van der Waals surface area contributed by atoms with Gasteiger partial charge < -0.3 is 9.47 Å². The van der Waals surface area contributed by atoms with E-state index in [1.807, 2.05) is 0 Å². The molecule has 0 aliphatic heterocycles. The molecule has 1 aromatic rings. The van der Waals surface area contributed by atoms with Gasteiger partial charge in [-0.2, -0.15) is 0 Å². The second kappa shape index (κ2) is 5.41. The van der Waals surface area contributed by atoms with Crippen molar-refractivity contribution in [2.75, 3.05) is 14.2 Å². The van der Waals surface area contributed by atoms with E-state index in [0.717, 1.165) is 5.56 Å². The number of benzene rings is 1. The van der Waals surface area contributed by atoms with Crippen LogP contribution in [-0.2, 0) is 9.53 Å². The third kappa shape index (κ3) is 3.29. The molecule has 0 radical (unpaired) electrons. The van der Waals surface area contributed by atoms with E-state index in [2.05, 4.69) is 4.74 Å². The molecule has 0 aromatic heterocycles. The van der Waals surface area contributed by atoms with Crippen LogP contribution in [0.3, 0.4) is 0 Å². The number of hydrogen-bond donors (Lipinski definition) is 0. The van der Waals surface area contributed by atoms with E-state index in [-0.39, 0.29) is 0 Å². The van der Waals surface area contributed by atoms with Gasteiger partial charge in [0.15, 0.2) is 0 Å². The molecule has 0 spiro atoms. The molecular weight excluding hydrogens is 216 g/mol. The summed E-state index contributed by atoms with van der Waals surface area (Å²) in [6.07, 6.45) is 2.91. The fourth-order valence-electron chi connectivity index (χ4n) is 1.06. The number of carbonyl (C=O) groups is 1. The van der Waals surface area contributed by atoms with Gasteiger partial charge >= 0.3 is 5.97 Å². The maximum atomic E-state index is 10.9. The minimum Gasteiger partial charge on any atom is -0.496 e. The number of rotatable bonds is 3. The molecule has 0 atom stereocenters. The minimum atomic E-state index is -0.419. The zero-order valence-corrected chi connectivity index (χ0v) is 9.25. The van der Waals surface area contributed by atoms with Crippen LogP contribution >= 0.6 is 11.6 Å². The van der Waals surface area contributed by atoms with E-state index < -0.39 is 5.97 Å². The fraction of sp³-hybridized carbons (Fsp3) is 0.182. The van der Waals surface area contributed by atoms with Crippen LogP contribution in [0.1, 0.15) is 5.56 Å². The average Bonchev–Trinajstić information content (AvgIpc) is 2.26. The first-order valence-corrected chi connectivity index (χ1v) is 4.64. The Kier molecular flexibility index (Phi) is 4.18. The highest BCUT2D eigenvalue weighted by Crippen LogP contribution is 2.23. The first kappa shape index (κ1) is 11.6. The van der Waals surface area contributed by atoms with Crippen molar-refractivity contribution in [1.29, 1.82) is 0 Å². The third-order valence-electron chi connectivity index (χ3n) is 1.79. The van der Waals surface area contributed by atoms with Crippen molar-refractivity contribution in [2.24, 2.45) is 0 Å². The van der Waals surface area contributed by atoms with E-state index >= 15 is 0 Å². The molecule has 0 bridgehead atoms. The van der Waals surface area contributed by atoms with Crippen molar-refractivity contribution in [3.63, 3.8) is 0 Å². The number of methoxy groups -OCH3 is 2. The Bertz CT molecular complexity index is 385. The van der Waals surface area contributed by atoms with E-state index in [0.29, 0.717) is 10.8 Å². The molecule has 15 heavy (non-hydrogen) atoms. The van der Waals surface area contributed by atoms with Gasteiger partial charge in [0.2, 0.25) is 0 Å². The SMILES string of the molecule is COC(=O)C=Cc1cc(Cl)ccc1OC. The molecule has 3 nitrogen and oxygen atoms in total. The minimum absolute atomic E-state index is 0.419. The maximum Gasteiger partial charge on any atom is 0.330 e. The Balaban J connectivity index is 2.96. The summed E-state index contributed by atoms with van der Waals surface area (Å²) >= 11 is 5.82. The molecule has 1 rings (SSSR count). The number of hydrogen-bond acceptors (Lipinski definition) is 3. The first-order chi connectivity index (χ1) is 7.17. The molecule has 0 unspecified atom stereocenters. The van der Waals surface area contributed by atoms with Crippen LogP contribution in [0.5, 0.6) is 5.75 Å². The molecule has 4 heteroatoms. The molecule has 0 saturated heterocycles. The number of esters is 1. The van der Waals surface area contributed by atoms with Crippen molar-refractivity contribution >= 4 is 23.6 Å². The van der Waals surface area contributed by atoms with Crippen molar-refractivity contribution in [1.82, 2.24) is 0 Å². The maximum absolute atomic E-state index is 10.9. The highest BCUT2D eigenvalue weighted by molar-refractivity contribution is 6.30. The van der Waals surface area contributed by atoms with Gasteiger partial charge in [-0.05, 0) is 24.3 Å². The van der Waals surface area contributed by atoms with Crippen LogP contribution in [0.25, 0.3) is 6.08 Å².